The molecule has 0 saturated carbocycles. The van der Waals surface area contributed by atoms with Crippen molar-refractivity contribution in [3.05, 3.63) is 34.0 Å². The highest BCUT2D eigenvalue weighted by atomic mass is 35.5. The summed E-state index contributed by atoms with van der Waals surface area (Å²) in [5, 5.41) is 3.67. The van der Waals surface area contributed by atoms with Crippen molar-refractivity contribution in [3.63, 3.8) is 0 Å². The molecule has 0 atom stereocenters. The number of carbonyl (C=O) groups is 1. The number of halogens is 1. The summed E-state index contributed by atoms with van der Waals surface area (Å²) in [5.74, 6) is -0.217. The Morgan fingerprint density at radius 2 is 2.05 bits per heavy atom. The van der Waals surface area contributed by atoms with Crippen LogP contribution in [-0.4, -0.2) is 18.1 Å². The molecular formula is C17H23ClNO3+. The first-order valence-electron chi connectivity index (χ1n) is 7.46. The van der Waals surface area contributed by atoms with Crippen molar-refractivity contribution in [2.24, 2.45) is 0 Å². The first-order chi connectivity index (χ1) is 10.2. The normalized spacial score (nSPS) is 11.9. The molecule has 0 aliphatic heterocycles. The van der Waals surface area contributed by atoms with E-state index in [1.54, 1.807) is 6.92 Å². The smallest absolute Gasteiger partial charge is 0.374 e. The molecule has 1 heterocycles. The van der Waals surface area contributed by atoms with E-state index in [1.165, 1.54) is 0 Å². The van der Waals surface area contributed by atoms with Crippen LogP contribution in [0.4, 0.5) is 0 Å². The first-order valence-corrected chi connectivity index (χ1v) is 7.84. The van der Waals surface area contributed by atoms with Gasteiger partial charge in [0.05, 0.1) is 17.2 Å². The van der Waals surface area contributed by atoms with E-state index in [-0.39, 0.29) is 11.3 Å². The van der Waals surface area contributed by atoms with Crippen LogP contribution in [0.25, 0.3) is 11.0 Å². The van der Waals surface area contributed by atoms with Crippen molar-refractivity contribution in [2.45, 2.75) is 46.7 Å². The summed E-state index contributed by atoms with van der Waals surface area (Å²) in [5.41, 5.74) is 2.50. The van der Waals surface area contributed by atoms with Gasteiger partial charge in [-0.15, -0.1) is 0 Å². The van der Waals surface area contributed by atoms with Crippen LogP contribution in [0.1, 0.15) is 49.4 Å². The monoisotopic (exact) mass is 324 g/mol. The number of hydrogen-bond acceptors (Lipinski definition) is 3. The van der Waals surface area contributed by atoms with Crippen LogP contribution in [0.3, 0.4) is 0 Å². The second-order valence-electron chi connectivity index (χ2n) is 6.46. The zero-order valence-corrected chi connectivity index (χ0v) is 14.5. The topological polar surface area (TPSA) is 56.0 Å². The SMILES string of the molecule is CCOC(=O)c1oc2ccc(C[NH2+]C(C)(C)C)c(Cl)c2c1C. The average Bonchev–Trinajstić information content (AvgIpc) is 2.75. The number of rotatable bonds is 4. The van der Waals surface area contributed by atoms with E-state index in [1.807, 2.05) is 19.1 Å². The van der Waals surface area contributed by atoms with Crippen molar-refractivity contribution in [3.8, 4) is 0 Å². The highest BCUT2D eigenvalue weighted by Gasteiger charge is 2.22. The summed E-state index contributed by atoms with van der Waals surface area (Å²) in [6.45, 7) is 11.2. The van der Waals surface area contributed by atoms with Crippen molar-refractivity contribution >= 4 is 28.5 Å². The summed E-state index contributed by atoms with van der Waals surface area (Å²) in [6.07, 6.45) is 0. The molecule has 0 aliphatic carbocycles. The van der Waals surface area contributed by atoms with Gasteiger partial charge < -0.3 is 14.5 Å². The van der Waals surface area contributed by atoms with Gasteiger partial charge in [0, 0.05) is 16.5 Å². The number of aryl methyl sites for hydroxylation is 1. The second kappa shape index (κ2) is 6.31. The van der Waals surface area contributed by atoms with Gasteiger partial charge in [0.1, 0.15) is 12.1 Å². The second-order valence-corrected chi connectivity index (χ2v) is 6.84. The lowest BCUT2D eigenvalue weighted by Crippen LogP contribution is -2.92. The number of esters is 1. The number of nitrogens with two attached hydrogens (primary N) is 1. The van der Waals surface area contributed by atoms with Gasteiger partial charge >= 0.3 is 5.97 Å². The van der Waals surface area contributed by atoms with Crippen LogP contribution in [-0.2, 0) is 11.3 Å². The Bertz CT molecular complexity index is 698. The Labute approximate surface area is 135 Å². The molecule has 0 radical (unpaired) electrons. The summed E-state index contributed by atoms with van der Waals surface area (Å²) in [6, 6.07) is 3.81. The van der Waals surface area contributed by atoms with E-state index in [9.17, 15) is 4.79 Å². The molecule has 0 bridgehead atoms. The quantitative estimate of drug-likeness (QED) is 0.877. The summed E-state index contributed by atoms with van der Waals surface area (Å²) >= 11 is 6.54. The molecule has 2 rings (SSSR count). The minimum atomic E-state index is -0.449. The maximum absolute atomic E-state index is 11.9. The van der Waals surface area contributed by atoms with Gasteiger partial charge in [0.2, 0.25) is 5.76 Å². The lowest BCUT2D eigenvalue weighted by molar-refractivity contribution is -0.731. The van der Waals surface area contributed by atoms with Crippen LogP contribution >= 0.6 is 11.6 Å². The predicted octanol–water partition coefficient (Wildman–Crippen LogP) is 3.43. The van der Waals surface area contributed by atoms with E-state index in [0.717, 1.165) is 23.1 Å². The van der Waals surface area contributed by atoms with Gasteiger partial charge in [0.25, 0.3) is 0 Å². The lowest BCUT2D eigenvalue weighted by atomic mass is 10.1. The van der Waals surface area contributed by atoms with Crippen LogP contribution in [0.15, 0.2) is 16.5 Å². The van der Waals surface area contributed by atoms with Crippen LogP contribution in [0.5, 0.6) is 0 Å². The van der Waals surface area contributed by atoms with Crippen molar-refractivity contribution in [1.29, 1.82) is 0 Å². The van der Waals surface area contributed by atoms with Crippen molar-refractivity contribution in [2.75, 3.05) is 6.61 Å². The molecule has 2 aromatic rings. The molecule has 4 nitrogen and oxygen atoms in total. The maximum Gasteiger partial charge on any atom is 0.374 e. The molecule has 0 aliphatic rings. The Hall–Kier alpha value is -1.52. The summed E-state index contributed by atoms with van der Waals surface area (Å²) in [7, 11) is 0. The summed E-state index contributed by atoms with van der Waals surface area (Å²) < 4.78 is 10.6. The average molecular weight is 325 g/mol. The molecule has 0 saturated heterocycles. The molecule has 1 aromatic carbocycles. The van der Waals surface area contributed by atoms with E-state index in [2.05, 4.69) is 26.1 Å². The van der Waals surface area contributed by atoms with Crippen molar-refractivity contribution in [1.82, 2.24) is 0 Å². The highest BCUT2D eigenvalue weighted by Crippen LogP contribution is 2.34. The van der Waals surface area contributed by atoms with E-state index >= 15 is 0 Å². The van der Waals surface area contributed by atoms with Gasteiger partial charge in [-0.3, -0.25) is 0 Å². The number of ether oxygens (including phenoxy) is 1. The van der Waals surface area contributed by atoms with E-state index in [4.69, 9.17) is 20.8 Å². The van der Waals surface area contributed by atoms with E-state index in [0.29, 0.717) is 17.2 Å². The van der Waals surface area contributed by atoms with Crippen molar-refractivity contribution < 1.29 is 19.3 Å². The number of hydrogen-bond donors (Lipinski definition) is 1. The molecule has 0 unspecified atom stereocenters. The third kappa shape index (κ3) is 3.45. The molecular weight excluding hydrogens is 302 g/mol. The third-order valence-electron chi connectivity index (χ3n) is 3.51. The van der Waals surface area contributed by atoms with Gasteiger partial charge in [-0.25, -0.2) is 4.79 Å². The lowest BCUT2D eigenvalue weighted by Gasteiger charge is -2.17. The standard InChI is InChI=1S/C17H22ClNO3/c1-6-21-16(20)15-10(2)13-12(22-15)8-7-11(14(13)18)9-19-17(3,4)5/h7-8,19H,6,9H2,1-5H3/p+1. The Kier molecular flexibility index (Phi) is 4.83. The molecule has 0 spiro atoms. The Balaban J connectivity index is 2.42. The number of furan rings is 1. The highest BCUT2D eigenvalue weighted by molar-refractivity contribution is 6.36. The molecule has 1 aromatic heterocycles. The molecule has 2 N–H and O–H groups in total. The fourth-order valence-corrected chi connectivity index (χ4v) is 2.68. The summed E-state index contributed by atoms with van der Waals surface area (Å²) in [4.78, 5) is 11.9. The fourth-order valence-electron chi connectivity index (χ4n) is 2.30. The van der Waals surface area contributed by atoms with Gasteiger partial charge in [-0.2, -0.15) is 0 Å². The molecule has 0 fully saturated rings. The Morgan fingerprint density at radius 3 is 2.64 bits per heavy atom. The first kappa shape index (κ1) is 16.8. The largest absolute Gasteiger partial charge is 0.460 e. The molecule has 120 valence electrons. The number of benzene rings is 1. The van der Waals surface area contributed by atoms with Gasteiger partial charge in [-0.05, 0) is 46.8 Å². The maximum atomic E-state index is 11.9. The zero-order valence-electron chi connectivity index (χ0n) is 13.7. The van der Waals surface area contributed by atoms with Crippen LogP contribution < -0.4 is 5.32 Å². The van der Waals surface area contributed by atoms with Crippen LogP contribution in [0, 0.1) is 6.92 Å². The minimum Gasteiger partial charge on any atom is -0.460 e. The van der Waals surface area contributed by atoms with Gasteiger partial charge in [-0.1, -0.05) is 11.6 Å². The fraction of sp³-hybridized carbons (Fsp3) is 0.471. The number of quaternary nitrogens is 1. The van der Waals surface area contributed by atoms with E-state index < -0.39 is 5.97 Å². The third-order valence-corrected chi connectivity index (χ3v) is 3.94. The van der Waals surface area contributed by atoms with Crippen LogP contribution in [0.2, 0.25) is 5.02 Å². The van der Waals surface area contributed by atoms with Gasteiger partial charge in [0.15, 0.2) is 0 Å². The molecule has 0 amide bonds. The Morgan fingerprint density at radius 1 is 1.36 bits per heavy atom. The molecule has 5 heteroatoms. The molecule has 22 heavy (non-hydrogen) atoms. The zero-order chi connectivity index (χ0) is 16.5. The number of fused-ring (bicyclic) bond motifs is 1. The predicted molar refractivity (Wildman–Crippen MR) is 87.3 cm³/mol. The number of carbonyl (C=O) groups excluding carboxylic acids is 1. The minimum absolute atomic E-state index is 0.125.